The Bertz CT molecular complexity index is 709. The number of nitrogens with one attached hydrogen (secondary N) is 1. The van der Waals surface area contributed by atoms with Crippen LogP contribution in [0.3, 0.4) is 0 Å². The summed E-state index contributed by atoms with van der Waals surface area (Å²) in [5.41, 5.74) is 1.01. The number of amides is 2. The predicted octanol–water partition coefficient (Wildman–Crippen LogP) is 0.988. The Labute approximate surface area is 157 Å². The summed E-state index contributed by atoms with van der Waals surface area (Å²) in [6, 6.07) is 3.57. The van der Waals surface area contributed by atoms with Gasteiger partial charge in [0.1, 0.15) is 11.9 Å². The largest absolute Gasteiger partial charge is 0.378 e. The molecule has 0 aromatic carbocycles. The van der Waals surface area contributed by atoms with E-state index in [4.69, 9.17) is 4.74 Å². The van der Waals surface area contributed by atoms with Gasteiger partial charge in [0, 0.05) is 38.0 Å². The first-order valence-corrected chi connectivity index (χ1v) is 10.1. The van der Waals surface area contributed by atoms with E-state index >= 15 is 0 Å². The first-order chi connectivity index (χ1) is 12.6. The quantitative estimate of drug-likeness (QED) is 0.845. The highest BCUT2D eigenvalue weighted by atomic mass is 32.2. The fraction of sp³-hybridized carbons (Fsp3) is 0.611. The van der Waals surface area contributed by atoms with Crippen LogP contribution in [-0.4, -0.2) is 64.7 Å². The van der Waals surface area contributed by atoms with Crippen molar-refractivity contribution in [3.63, 3.8) is 0 Å². The molecule has 1 aromatic heterocycles. The number of hydrogen-bond donors (Lipinski definition) is 1. The Morgan fingerprint density at radius 2 is 2.27 bits per heavy atom. The topological polar surface area (TPSA) is 74.8 Å². The molecule has 4 heterocycles. The third-order valence-electron chi connectivity index (χ3n) is 5.36. The lowest BCUT2D eigenvalue weighted by Crippen LogP contribution is -2.49. The fourth-order valence-corrected chi connectivity index (χ4v) is 5.29. The van der Waals surface area contributed by atoms with Crippen molar-refractivity contribution in [2.75, 3.05) is 37.0 Å². The summed E-state index contributed by atoms with van der Waals surface area (Å²) in [7, 11) is 0. The van der Waals surface area contributed by atoms with Gasteiger partial charge in [0.2, 0.25) is 11.8 Å². The molecule has 2 amide bonds. The van der Waals surface area contributed by atoms with E-state index in [1.807, 2.05) is 12.1 Å². The molecule has 3 fully saturated rings. The number of rotatable bonds is 4. The van der Waals surface area contributed by atoms with Crippen LogP contribution < -0.4 is 10.2 Å². The van der Waals surface area contributed by atoms with Crippen molar-refractivity contribution in [3.05, 3.63) is 23.9 Å². The van der Waals surface area contributed by atoms with Crippen LogP contribution >= 0.6 is 11.8 Å². The van der Waals surface area contributed by atoms with Gasteiger partial charge in [-0.2, -0.15) is 0 Å². The minimum Gasteiger partial charge on any atom is -0.378 e. The number of fused-ring (bicyclic) bond motifs is 1. The van der Waals surface area contributed by atoms with Crippen molar-refractivity contribution >= 4 is 29.4 Å². The molecule has 0 aliphatic carbocycles. The van der Waals surface area contributed by atoms with Gasteiger partial charge in [-0.15, -0.1) is 11.8 Å². The van der Waals surface area contributed by atoms with E-state index in [-0.39, 0.29) is 22.7 Å². The van der Waals surface area contributed by atoms with E-state index in [1.165, 1.54) is 0 Å². The summed E-state index contributed by atoms with van der Waals surface area (Å²) in [4.78, 5) is 33.1. The number of ether oxygens (including phenoxy) is 1. The summed E-state index contributed by atoms with van der Waals surface area (Å²) in [5, 5.41) is 3.00. The summed E-state index contributed by atoms with van der Waals surface area (Å²) in [5.74, 6) is 1.61. The highest BCUT2D eigenvalue weighted by Gasteiger charge is 2.52. The van der Waals surface area contributed by atoms with E-state index in [1.54, 1.807) is 22.9 Å². The highest BCUT2D eigenvalue weighted by Crippen LogP contribution is 2.47. The number of carbonyl (C=O) groups excluding carboxylic acids is 2. The molecule has 7 nitrogen and oxygen atoms in total. The molecular weight excluding hydrogens is 352 g/mol. The molecule has 0 unspecified atom stereocenters. The van der Waals surface area contributed by atoms with Crippen LogP contribution in [0, 0.1) is 0 Å². The van der Waals surface area contributed by atoms with Crippen molar-refractivity contribution in [2.24, 2.45) is 0 Å². The number of nitrogens with zero attached hydrogens (tertiary/aromatic N) is 3. The van der Waals surface area contributed by atoms with Crippen LogP contribution in [0.15, 0.2) is 18.3 Å². The van der Waals surface area contributed by atoms with Crippen LogP contribution in [0.5, 0.6) is 0 Å². The van der Waals surface area contributed by atoms with Crippen LogP contribution in [0.4, 0.5) is 5.82 Å². The molecule has 0 spiro atoms. The minimum atomic E-state index is -0.361. The standard InChI is InChI=1S/C18H24N4O3S/c1-18-4-2-16(23)22(18)14(12-26-18)17(24)20-11-13-3-5-19-15(10-13)21-6-8-25-9-7-21/h3,5,10,14H,2,4,6-9,11-12H2,1H3,(H,20,24)/t14-,18+/m0/s1. The summed E-state index contributed by atoms with van der Waals surface area (Å²) in [6.45, 7) is 5.59. The smallest absolute Gasteiger partial charge is 0.243 e. The van der Waals surface area contributed by atoms with Crippen molar-refractivity contribution in [1.82, 2.24) is 15.2 Å². The van der Waals surface area contributed by atoms with Gasteiger partial charge in [0.05, 0.1) is 18.1 Å². The first-order valence-electron chi connectivity index (χ1n) is 9.08. The number of hydrogen-bond acceptors (Lipinski definition) is 6. The molecule has 0 saturated carbocycles. The molecule has 1 aromatic rings. The van der Waals surface area contributed by atoms with Crippen molar-refractivity contribution < 1.29 is 14.3 Å². The zero-order valence-electron chi connectivity index (χ0n) is 14.9. The van der Waals surface area contributed by atoms with Gasteiger partial charge < -0.3 is 19.9 Å². The van der Waals surface area contributed by atoms with Crippen LogP contribution in [0.2, 0.25) is 0 Å². The molecule has 140 valence electrons. The van der Waals surface area contributed by atoms with Gasteiger partial charge in [-0.3, -0.25) is 9.59 Å². The van der Waals surface area contributed by atoms with Crippen molar-refractivity contribution in [2.45, 2.75) is 37.2 Å². The lowest BCUT2D eigenvalue weighted by molar-refractivity contribution is -0.138. The van der Waals surface area contributed by atoms with Crippen molar-refractivity contribution in [3.8, 4) is 0 Å². The van der Waals surface area contributed by atoms with Crippen LogP contribution in [-0.2, 0) is 20.9 Å². The molecule has 2 atom stereocenters. The third kappa shape index (κ3) is 3.27. The van der Waals surface area contributed by atoms with Gasteiger partial charge in [-0.25, -0.2) is 4.98 Å². The Kier molecular flexibility index (Phi) is 4.79. The summed E-state index contributed by atoms with van der Waals surface area (Å²) >= 11 is 1.71. The first kappa shape index (κ1) is 17.6. The number of carbonyl (C=O) groups is 2. The Morgan fingerprint density at radius 1 is 1.46 bits per heavy atom. The van der Waals surface area contributed by atoms with E-state index in [9.17, 15) is 9.59 Å². The average Bonchev–Trinajstić information content (AvgIpc) is 3.17. The number of aromatic nitrogens is 1. The maximum atomic E-state index is 12.7. The maximum Gasteiger partial charge on any atom is 0.243 e. The van der Waals surface area contributed by atoms with Crippen LogP contribution in [0.25, 0.3) is 0 Å². The Morgan fingerprint density at radius 3 is 3.08 bits per heavy atom. The molecule has 0 bridgehead atoms. The molecule has 4 rings (SSSR count). The average molecular weight is 376 g/mol. The number of thioether (sulfide) groups is 1. The normalized spacial score (nSPS) is 28.3. The minimum absolute atomic E-state index is 0.0683. The number of anilines is 1. The Balaban J connectivity index is 1.38. The second kappa shape index (κ2) is 7.08. The van der Waals surface area contributed by atoms with Gasteiger partial charge in [-0.1, -0.05) is 0 Å². The van der Waals surface area contributed by atoms with Crippen LogP contribution in [0.1, 0.15) is 25.3 Å². The summed E-state index contributed by atoms with van der Waals surface area (Å²) in [6.07, 6.45) is 3.15. The highest BCUT2D eigenvalue weighted by molar-refractivity contribution is 8.01. The Hall–Kier alpha value is -1.80. The number of pyridine rings is 1. The lowest BCUT2D eigenvalue weighted by atomic mass is 10.2. The monoisotopic (exact) mass is 376 g/mol. The maximum absolute atomic E-state index is 12.7. The molecule has 26 heavy (non-hydrogen) atoms. The van der Waals surface area contributed by atoms with Gasteiger partial charge in [0.25, 0.3) is 0 Å². The van der Waals surface area contributed by atoms with E-state index in [2.05, 4.69) is 22.1 Å². The molecule has 1 N–H and O–H groups in total. The zero-order chi connectivity index (χ0) is 18.1. The fourth-order valence-electron chi connectivity index (χ4n) is 3.86. The molecular formula is C18H24N4O3S. The molecule has 3 aliphatic heterocycles. The predicted molar refractivity (Wildman–Crippen MR) is 99.8 cm³/mol. The molecule has 3 saturated heterocycles. The molecule has 3 aliphatic rings. The zero-order valence-corrected chi connectivity index (χ0v) is 15.8. The molecule has 8 heteroatoms. The third-order valence-corrected chi connectivity index (χ3v) is 6.86. The molecule has 0 radical (unpaired) electrons. The second-order valence-electron chi connectivity index (χ2n) is 7.11. The second-order valence-corrected chi connectivity index (χ2v) is 8.61. The van der Waals surface area contributed by atoms with E-state index in [0.29, 0.717) is 31.9 Å². The SMILES string of the molecule is C[C@@]12CCC(=O)N1[C@H](C(=O)NCc1ccnc(N3CCOCC3)c1)CS2. The van der Waals surface area contributed by atoms with Gasteiger partial charge in [-0.05, 0) is 31.0 Å². The number of morpholine rings is 1. The lowest BCUT2D eigenvalue weighted by Gasteiger charge is -2.30. The van der Waals surface area contributed by atoms with Gasteiger partial charge in [0.15, 0.2) is 0 Å². The van der Waals surface area contributed by atoms with E-state index < -0.39 is 0 Å². The summed E-state index contributed by atoms with van der Waals surface area (Å²) < 4.78 is 5.38. The van der Waals surface area contributed by atoms with Gasteiger partial charge >= 0.3 is 0 Å². The van der Waals surface area contributed by atoms with E-state index in [0.717, 1.165) is 30.9 Å². The van der Waals surface area contributed by atoms with Crippen molar-refractivity contribution in [1.29, 1.82) is 0 Å².